The van der Waals surface area contributed by atoms with Crippen molar-refractivity contribution in [3.63, 3.8) is 0 Å². The van der Waals surface area contributed by atoms with E-state index in [1.807, 2.05) is 0 Å². The molecule has 0 saturated heterocycles. The predicted octanol–water partition coefficient (Wildman–Crippen LogP) is 2.69. The van der Waals surface area contributed by atoms with Crippen LogP contribution in [0.4, 0.5) is 21.9 Å². The van der Waals surface area contributed by atoms with Crippen LogP contribution in [0.5, 0.6) is 0 Å². The second-order valence-corrected chi connectivity index (χ2v) is 7.15. The van der Waals surface area contributed by atoms with E-state index in [0.29, 0.717) is 17.1 Å². The smallest absolute Gasteiger partial charge is 0.323 e. The zero-order chi connectivity index (χ0) is 17.7. The summed E-state index contributed by atoms with van der Waals surface area (Å²) in [5.41, 5.74) is 1.51. The van der Waals surface area contributed by atoms with Crippen molar-refractivity contribution in [2.75, 3.05) is 22.2 Å². The molecular formula is C16H17N3O4S. The van der Waals surface area contributed by atoms with Gasteiger partial charge in [0.25, 0.3) is 0 Å². The van der Waals surface area contributed by atoms with E-state index in [1.165, 1.54) is 19.1 Å². The van der Waals surface area contributed by atoms with Crippen LogP contribution in [0.15, 0.2) is 53.4 Å². The topological polar surface area (TPSA) is 104 Å². The molecule has 0 unspecified atom stereocenters. The second-order valence-electron chi connectivity index (χ2n) is 5.14. The maximum Gasteiger partial charge on any atom is 0.323 e. The summed E-state index contributed by atoms with van der Waals surface area (Å²) in [5.74, 6) is -0.181. The van der Waals surface area contributed by atoms with Gasteiger partial charge in [-0.05, 0) is 42.5 Å². The highest BCUT2D eigenvalue weighted by atomic mass is 32.2. The van der Waals surface area contributed by atoms with E-state index < -0.39 is 15.9 Å². The van der Waals surface area contributed by atoms with E-state index in [9.17, 15) is 18.0 Å². The second kappa shape index (κ2) is 7.14. The summed E-state index contributed by atoms with van der Waals surface area (Å²) in [4.78, 5) is 23.0. The van der Waals surface area contributed by atoms with Gasteiger partial charge >= 0.3 is 6.03 Å². The first-order valence-corrected chi connectivity index (χ1v) is 8.89. The van der Waals surface area contributed by atoms with E-state index in [4.69, 9.17) is 0 Å². The summed E-state index contributed by atoms with van der Waals surface area (Å²) >= 11 is 0. The summed E-state index contributed by atoms with van der Waals surface area (Å²) < 4.78 is 23.0. The van der Waals surface area contributed by atoms with E-state index >= 15 is 0 Å². The Bertz CT molecular complexity index is 861. The van der Waals surface area contributed by atoms with Crippen LogP contribution in [0.2, 0.25) is 0 Å². The third-order valence-electron chi connectivity index (χ3n) is 2.98. The number of sulfone groups is 1. The third-order valence-corrected chi connectivity index (χ3v) is 4.09. The van der Waals surface area contributed by atoms with Crippen LogP contribution in [-0.4, -0.2) is 26.6 Å². The first kappa shape index (κ1) is 17.5. The number of benzene rings is 2. The number of hydrogen-bond acceptors (Lipinski definition) is 4. The van der Waals surface area contributed by atoms with Crippen molar-refractivity contribution in [1.82, 2.24) is 0 Å². The molecule has 2 rings (SSSR count). The van der Waals surface area contributed by atoms with Crippen LogP contribution in [-0.2, 0) is 14.6 Å². The van der Waals surface area contributed by atoms with Crippen molar-refractivity contribution in [1.29, 1.82) is 0 Å². The van der Waals surface area contributed by atoms with Crippen molar-refractivity contribution in [2.24, 2.45) is 0 Å². The molecule has 3 amide bonds. The zero-order valence-electron chi connectivity index (χ0n) is 13.2. The lowest BCUT2D eigenvalue weighted by molar-refractivity contribution is -0.114. The molecule has 0 aliphatic carbocycles. The minimum Gasteiger partial charge on any atom is -0.326 e. The molecule has 0 aliphatic rings. The van der Waals surface area contributed by atoms with E-state index in [0.717, 1.165) is 6.26 Å². The number of urea groups is 1. The number of rotatable bonds is 4. The van der Waals surface area contributed by atoms with Crippen molar-refractivity contribution in [3.05, 3.63) is 48.5 Å². The van der Waals surface area contributed by atoms with Crippen molar-refractivity contribution < 1.29 is 18.0 Å². The molecule has 7 nitrogen and oxygen atoms in total. The summed E-state index contributed by atoms with van der Waals surface area (Å²) in [5, 5.41) is 7.80. The fraction of sp³-hybridized carbons (Fsp3) is 0.125. The van der Waals surface area contributed by atoms with Crippen LogP contribution < -0.4 is 16.0 Å². The van der Waals surface area contributed by atoms with Gasteiger partial charge in [0.2, 0.25) is 5.91 Å². The van der Waals surface area contributed by atoms with Gasteiger partial charge < -0.3 is 16.0 Å². The molecule has 0 atom stereocenters. The van der Waals surface area contributed by atoms with Crippen LogP contribution in [0.3, 0.4) is 0 Å². The quantitative estimate of drug-likeness (QED) is 0.791. The van der Waals surface area contributed by atoms with E-state index in [2.05, 4.69) is 16.0 Å². The molecule has 2 aromatic carbocycles. The van der Waals surface area contributed by atoms with Gasteiger partial charge in [-0.1, -0.05) is 6.07 Å². The van der Waals surface area contributed by atoms with E-state index in [1.54, 1.807) is 36.4 Å². The monoisotopic (exact) mass is 347 g/mol. The maximum absolute atomic E-state index is 12.0. The van der Waals surface area contributed by atoms with Gasteiger partial charge in [0.15, 0.2) is 9.84 Å². The van der Waals surface area contributed by atoms with Gasteiger partial charge in [0.1, 0.15) is 0 Å². The molecule has 0 spiro atoms. The van der Waals surface area contributed by atoms with Gasteiger partial charge in [-0.25, -0.2) is 13.2 Å². The molecule has 3 N–H and O–H groups in total. The van der Waals surface area contributed by atoms with Crippen LogP contribution in [0.1, 0.15) is 6.92 Å². The Morgan fingerprint density at radius 1 is 0.833 bits per heavy atom. The van der Waals surface area contributed by atoms with Crippen LogP contribution in [0.25, 0.3) is 0 Å². The van der Waals surface area contributed by atoms with Crippen molar-refractivity contribution in [3.8, 4) is 0 Å². The fourth-order valence-corrected chi connectivity index (χ4v) is 2.60. The molecular weight excluding hydrogens is 330 g/mol. The van der Waals surface area contributed by atoms with Crippen molar-refractivity contribution >= 4 is 38.8 Å². The minimum atomic E-state index is -3.34. The molecule has 0 fully saturated rings. The summed E-state index contributed by atoms with van der Waals surface area (Å²) in [6, 6.07) is 12.1. The van der Waals surface area contributed by atoms with Crippen LogP contribution in [0, 0.1) is 0 Å². The number of carbonyl (C=O) groups is 2. The predicted molar refractivity (Wildman–Crippen MR) is 92.9 cm³/mol. The highest BCUT2D eigenvalue weighted by Gasteiger charge is 2.09. The molecule has 0 heterocycles. The Balaban J connectivity index is 2.02. The normalized spacial score (nSPS) is 10.8. The molecule has 2 aromatic rings. The van der Waals surface area contributed by atoms with Gasteiger partial charge in [-0.15, -0.1) is 0 Å². The Morgan fingerprint density at radius 2 is 1.38 bits per heavy atom. The molecule has 0 radical (unpaired) electrons. The summed E-state index contributed by atoms with van der Waals surface area (Å²) in [6.45, 7) is 1.41. The average molecular weight is 347 g/mol. The van der Waals surface area contributed by atoms with Crippen molar-refractivity contribution in [2.45, 2.75) is 11.8 Å². The fourth-order valence-electron chi connectivity index (χ4n) is 1.94. The SMILES string of the molecule is CC(=O)Nc1ccc(NC(=O)Nc2cccc(S(C)(=O)=O)c2)cc1. The Morgan fingerprint density at radius 3 is 1.92 bits per heavy atom. The van der Waals surface area contributed by atoms with Gasteiger partial charge in [-0.2, -0.15) is 0 Å². The summed E-state index contributed by atoms with van der Waals surface area (Å²) in [6.07, 6.45) is 1.10. The average Bonchev–Trinajstić information content (AvgIpc) is 2.48. The molecule has 0 bridgehead atoms. The number of anilines is 3. The molecule has 24 heavy (non-hydrogen) atoms. The Hall–Kier alpha value is -2.87. The minimum absolute atomic E-state index is 0.125. The Kier molecular flexibility index (Phi) is 5.20. The molecule has 8 heteroatoms. The lowest BCUT2D eigenvalue weighted by Crippen LogP contribution is -2.19. The number of amides is 3. The molecule has 0 aromatic heterocycles. The van der Waals surface area contributed by atoms with Crippen LogP contribution >= 0.6 is 0 Å². The first-order valence-electron chi connectivity index (χ1n) is 7.00. The van der Waals surface area contributed by atoms with Gasteiger partial charge in [0, 0.05) is 30.2 Å². The summed E-state index contributed by atoms with van der Waals surface area (Å²) in [7, 11) is -3.34. The van der Waals surface area contributed by atoms with Gasteiger partial charge in [0.05, 0.1) is 4.90 Å². The number of nitrogens with one attached hydrogen (secondary N) is 3. The maximum atomic E-state index is 12.0. The standard InChI is InChI=1S/C16H17N3O4S/c1-11(20)17-12-6-8-13(9-7-12)18-16(21)19-14-4-3-5-15(10-14)24(2,22)23/h3-10H,1-2H3,(H,17,20)(H2,18,19,21). The largest absolute Gasteiger partial charge is 0.326 e. The lowest BCUT2D eigenvalue weighted by Gasteiger charge is -2.09. The number of hydrogen-bond donors (Lipinski definition) is 3. The molecule has 0 saturated carbocycles. The van der Waals surface area contributed by atoms with Gasteiger partial charge in [-0.3, -0.25) is 4.79 Å². The highest BCUT2D eigenvalue weighted by Crippen LogP contribution is 2.17. The van der Waals surface area contributed by atoms with E-state index in [-0.39, 0.29) is 10.8 Å². The lowest BCUT2D eigenvalue weighted by atomic mass is 10.3. The third kappa shape index (κ3) is 5.10. The zero-order valence-corrected chi connectivity index (χ0v) is 14.0. The first-order chi connectivity index (χ1) is 11.2. The molecule has 0 aliphatic heterocycles. The molecule has 126 valence electrons. The Labute approximate surface area is 140 Å². The number of carbonyl (C=O) groups excluding carboxylic acids is 2. The highest BCUT2D eigenvalue weighted by molar-refractivity contribution is 7.90.